The lowest BCUT2D eigenvalue weighted by molar-refractivity contribution is 0.704. The molecule has 1 heteroatoms. The van der Waals surface area contributed by atoms with Gasteiger partial charge in [-0.15, -0.1) is 0 Å². The SMILES string of the molecule is [2H]C1(N)CC([2H])([2H])C([2H])([2H])C1. The second kappa shape index (κ2) is 1.61. The summed E-state index contributed by atoms with van der Waals surface area (Å²) in [6.07, 6.45) is -4.37. The molecule has 1 nitrogen and oxygen atoms in total. The first-order valence-electron chi connectivity index (χ1n) is 4.45. The Balaban J connectivity index is 2.89. The van der Waals surface area contributed by atoms with Gasteiger partial charge >= 0.3 is 0 Å². The fourth-order valence-electron chi connectivity index (χ4n) is 0.415. The Hall–Kier alpha value is -0.0400. The van der Waals surface area contributed by atoms with Crippen molar-refractivity contribution >= 4 is 0 Å². The topological polar surface area (TPSA) is 26.0 Å². The first-order valence-corrected chi connectivity index (χ1v) is 1.95. The maximum Gasteiger partial charge on any atom is 0.0462 e. The number of nitrogens with two attached hydrogens (primary N) is 1. The van der Waals surface area contributed by atoms with Crippen LogP contribution in [0.3, 0.4) is 0 Å². The van der Waals surface area contributed by atoms with Crippen molar-refractivity contribution in [2.24, 2.45) is 5.73 Å². The van der Waals surface area contributed by atoms with Crippen LogP contribution in [0, 0.1) is 0 Å². The molecule has 1 aliphatic rings. The predicted octanol–water partition coefficient (Wildman–Crippen LogP) is 0.888. The van der Waals surface area contributed by atoms with Crippen LogP contribution in [0.15, 0.2) is 0 Å². The minimum absolute atomic E-state index is 0.229. The van der Waals surface area contributed by atoms with Crippen molar-refractivity contribution in [2.75, 3.05) is 0 Å². The molecule has 6 heavy (non-hydrogen) atoms. The number of hydrogen-bond donors (Lipinski definition) is 1. The molecule has 0 aromatic heterocycles. The van der Waals surface area contributed by atoms with Crippen LogP contribution in [-0.2, 0) is 0 Å². The Morgan fingerprint density at radius 3 is 2.33 bits per heavy atom. The first-order chi connectivity index (χ1) is 4.66. The largest absolute Gasteiger partial charge is 0.328 e. The zero-order valence-corrected chi connectivity index (χ0v) is 3.49. The summed E-state index contributed by atoms with van der Waals surface area (Å²) < 4.78 is 36.2. The molecule has 1 aliphatic carbocycles. The van der Waals surface area contributed by atoms with Crippen LogP contribution in [0.1, 0.15) is 32.4 Å². The minimum Gasteiger partial charge on any atom is -0.328 e. The average molecular weight is 90.2 g/mol. The molecule has 1 rings (SSSR count). The summed E-state index contributed by atoms with van der Waals surface area (Å²) in [5, 5.41) is 0. The maximum atomic E-state index is 7.30. The summed E-state index contributed by atoms with van der Waals surface area (Å²) >= 11 is 0. The van der Waals surface area contributed by atoms with Crippen LogP contribution >= 0.6 is 0 Å². The Labute approximate surface area is 45.6 Å². The van der Waals surface area contributed by atoms with Crippen molar-refractivity contribution in [1.29, 1.82) is 0 Å². The summed E-state index contributed by atoms with van der Waals surface area (Å²) in [6.45, 7) is 0. The molecule has 0 radical (unpaired) electrons. The van der Waals surface area contributed by atoms with Crippen molar-refractivity contribution in [3.63, 3.8) is 0 Å². The van der Waals surface area contributed by atoms with E-state index < -0.39 is 18.8 Å². The van der Waals surface area contributed by atoms with E-state index in [1.165, 1.54) is 0 Å². The Bertz CT molecular complexity index is 158. The zero-order valence-electron chi connectivity index (χ0n) is 8.49. The van der Waals surface area contributed by atoms with Crippen molar-refractivity contribution in [2.45, 2.75) is 31.6 Å². The molecule has 0 amide bonds. The molecule has 2 N–H and O–H groups in total. The standard InChI is InChI=1S/C5H11N/c6-5-3-1-2-4-5/h5H,1-4,6H2/i1D2,2D2,5D. The van der Waals surface area contributed by atoms with Gasteiger partial charge in [-0.05, 0) is 12.8 Å². The van der Waals surface area contributed by atoms with Gasteiger partial charge in [-0.25, -0.2) is 0 Å². The third kappa shape index (κ3) is 0.716. The van der Waals surface area contributed by atoms with Gasteiger partial charge in [0.25, 0.3) is 0 Å². The average Bonchev–Trinajstić information content (AvgIpc) is 1.66. The number of hydrogen-bond acceptors (Lipinski definition) is 1. The van der Waals surface area contributed by atoms with E-state index in [0.29, 0.717) is 0 Å². The lowest BCUT2D eigenvalue weighted by Crippen LogP contribution is -2.13. The summed E-state index contributed by atoms with van der Waals surface area (Å²) in [4.78, 5) is 0. The molecule has 0 aromatic carbocycles. The molecular formula is C5H11N. The van der Waals surface area contributed by atoms with E-state index >= 15 is 0 Å². The molecule has 0 saturated heterocycles. The molecule has 0 aromatic rings. The summed E-state index contributed by atoms with van der Waals surface area (Å²) in [5.41, 5.74) is 5.32. The molecule has 1 fully saturated rings. The lowest BCUT2D eigenvalue weighted by atomic mass is 10.3. The van der Waals surface area contributed by atoms with Gasteiger partial charge in [-0.2, -0.15) is 0 Å². The number of rotatable bonds is 0. The third-order valence-corrected chi connectivity index (χ3v) is 0.756. The van der Waals surface area contributed by atoms with Gasteiger partial charge in [0, 0.05) is 12.9 Å². The third-order valence-electron chi connectivity index (χ3n) is 0.756. The molecule has 0 aliphatic heterocycles. The summed E-state index contributed by atoms with van der Waals surface area (Å²) in [7, 11) is 0. The molecule has 0 atom stereocenters. The van der Waals surface area contributed by atoms with Gasteiger partial charge in [0.1, 0.15) is 0 Å². The molecule has 1 saturated carbocycles. The minimum atomic E-state index is -1.95. The van der Waals surface area contributed by atoms with Crippen LogP contribution < -0.4 is 5.73 Å². The monoisotopic (exact) mass is 90.1 g/mol. The van der Waals surface area contributed by atoms with E-state index in [1.807, 2.05) is 0 Å². The van der Waals surface area contributed by atoms with E-state index in [1.54, 1.807) is 0 Å². The van der Waals surface area contributed by atoms with Gasteiger partial charge < -0.3 is 5.73 Å². The van der Waals surface area contributed by atoms with Crippen LogP contribution in [-0.4, -0.2) is 6.02 Å². The zero-order chi connectivity index (χ0) is 8.91. The van der Waals surface area contributed by atoms with Crippen LogP contribution in [0.25, 0.3) is 0 Å². The highest BCUT2D eigenvalue weighted by atomic mass is 14.6. The highest BCUT2D eigenvalue weighted by Crippen LogP contribution is 2.14. The molecule has 0 heterocycles. The summed E-state index contributed by atoms with van der Waals surface area (Å²) in [5.74, 6) is 0. The highest BCUT2D eigenvalue weighted by Gasteiger charge is 2.07. The van der Waals surface area contributed by atoms with E-state index in [-0.39, 0.29) is 12.8 Å². The fourth-order valence-corrected chi connectivity index (χ4v) is 0.415. The van der Waals surface area contributed by atoms with Crippen LogP contribution in [0.4, 0.5) is 0 Å². The van der Waals surface area contributed by atoms with Crippen molar-refractivity contribution < 1.29 is 6.85 Å². The van der Waals surface area contributed by atoms with Crippen LogP contribution in [0.2, 0.25) is 0 Å². The van der Waals surface area contributed by atoms with Crippen molar-refractivity contribution in [1.82, 2.24) is 0 Å². The van der Waals surface area contributed by atoms with Gasteiger partial charge in [-0.3, -0.25) is 0 Å². The molecule has 0 unspecified atom stereocenters. The molecule has 36 valence electrons. The van der Waals surface area contributed by atoms with Gasteiger partial charge in [0.05, 0.1) is 0 Å². The van der Waals surface area contributed by atoms with E-state index in [4.69, 9.17) is 12.6 Å². The van der Waals surface area contributed by atoms with Gasteiger partial charge in [0.15, 0.2) is 0 Å². The lowest BCUT2D eigenvalue weighted by Gasteiger charge is -1.92. The highest BCUT2D eigenvalue weighted by molar-refractivity contribution is 4.67. The Morgan fingerprint density at radius 1 is 1.67 bits per heavy atom. The van der Waals surface area contributed by atoms with Crippen LogP contribution in [0.5, 0.6) is 0 Å². The van der Waals surface area contributed by atoms with Crippen molar-refractivity contribution in [3.05, 3.63) is 0 Å². The normalized spacial score (nSPS) is 59.8. The second-order valence-corrected chi connectivity index (χ2v) is 1.37. The predicted molar refractivity (Wildman–Crippen MR) is 26.4 cm³/mol. The van der Waals surface area contributed by atoms with E-state index in [0.717, 1.165) is 0 Å². The van der Waals surface area contributed by atoms with E-state index in [2.05, 4.69) is 0 Å². The maximum absolute atomic E-state index is 7.30. The molecule has 0 bridgehead atoms. The van der Waals surface area contributed by atoms with E-state index in [9.17, 15) is 0 Å². The van der Waals surface area contributed by atoms with Gasteiger partial charge in [0.2, 0.25) is 0 Å². The molecular weight excluding hydrogens is 74.1 g/mol. The smallest absolute Gasteiger partial charge is 0.0462 e. The quantitative estimate of drug-likeness (QED) is 0.469. The Kier molecular flexibility index (Phi) is 0.327. The Morgan fingerprint density at radius 2 is 2.17 bits per heavy atom. The fraction of sp³-hybridized carbons (Fsp3) is 1.00. The van der Waals surface area contributed by atoms with Crippen molar-refractivity contribution in [3.8, 4) is 0 Å². The first kappa shape index (κ1) is 1.22. The second-order valence-electron chi connectivity index (χ2n) is 1.37. The van der Waals surface area contributed by atoms with Gasteiger partial charge in [-0.1, -0.05) is 12.7 Å². The molecule has 0 spiro atoms. The summed E-state index contributed by atoms with van der Waals surface area (Å²) in [6, 6.07) is -1.44.